The SMILES string of the molecule is O=C(C1=CCCO1)c1ccc(Br)cn1. The Hall–Kier alpha value is -1.16. The van der Waals surface area contributed by atoms with E-state index < -0.39 is 0 Å². The minimum Gasteiger partial charge on any atom is -0.489 e. The molecule has 14 heavy (non-hydrogen) atoms. The Morgan fingerprint density at radius 2 is 2.36 bits per heavy atom. The second-order valence-electron chi connectivity index (χ2n) is 2.90. The Morgan fingerprint density at radius 3 is 2.93 bits per heavy atom. The van der Waals surface area contributed by atoms with Crippen LogP contribution in [0.3, 0.4) is 0 Å². The summed E-state index contributed by atoms with van der Waals surface area (Å²) >= 11 is 3.26. The van der Waals surface area contributed by atoms with Crippen molar-refractivity contribution in [3.63, 3.8) is 0 Å². The van der Waals surface area contributed by atoms with E-state index in [-0.39, 0.29) is 5.78 Å². The molecular formula is C10H8BrNO2. The van der Waals surface area contributed by atoms with Crippen LogP contribution in [-0.4, -0.2) is 17.4 Å². The lowest BCUT2D eigenvalue weighted by molar-refractivity contribution is 0.0937. The molecule has 0 saturated heterocycles. The first-order chi connectivity index (χ1) is 6.77. The first-order valence-electron chi connectivity index (χ1n) is 4.26. The van der Waals surface area contributed by atoms with Crippen LogP contribution < -0.4 is 0 Å². The third kappa shape index (κ3) is 1.85. The zero-order valence-electron chi connectivity index (χ0n) is 7.37. The molecule has 1 aromatic heterocycles. The van der Waals surface area contributed by atoms with Crippen molar-refractivity contribution >= 4 is 21.7 Å². The summed E-state index contributed by atoms with van der Waals surface area (Å²) in [6.07, 6.45) is 4.20. The van der Waals surface area contributed by atoms with E-state index >= 15 is 0 Å². The Labute approximate surface area is 89.9 Å². The highest BCUT2D eigenvalue weighted by Gasteiger charge is 2.17. The summed E-state index contributed by atoms with van der Waals surface area (Å²) in [6, 6.07) is 3.46. The average molecular weight is 254 g/mol. The Balaban J connectivity index is 2.22. The quantitative estimate of drug-likeness (QED) is 0.760. The van der Waals surface area contributed by atoms with Crippen molar-refractivity contribution in [2.24, 2.45) is 0 Å². The van der Waals surface area contributed by atoms with Crippen LogP contribution in [0.25, 0.3) is 0 Å². The number of ketones is 1. The molecule has 1 aliphatic heterocycles. The molecule has 0 spiro atoms. The fourth-order valence-electron chi connectivity index (χ4n) is 1.21. The van der Waals surface area contributed by atoms with E-state index in [4.69, 9.17) is 4.74 Å². The first-order valence-corrected chi connectivity index (χ1v) is 5.06. The molecule has 0 aromatic carbocycles. The van der Waals surface area contributed by atoms with Gasteiger partial charge >= 0.3 is 0 Å². The van der Waals surface area contributed by atoms with Gasteiger partial charge in [0.2, 0.25) is 5.78 Å². The number of allylic oxidation sites excluding steroid dienone is 1. The summed E-state index contributed by atoms with van der Waals surface area (Å²) in [5.41, 5.74) is 0.418. The standard InChI is InChI=1S/C10H8BrNO2/c11-7-3-4-8(12-6-7)10(13)9-2-1-5-14-9/h2-4,6H,1,5H2. The molecule has 2 rings (SSSR count). The maximum atomic E-state index is 11.7. The number of rotatable bonds is 2. The van der Waals surface area contributed by atoms with Crippen molar-refractivity contribution in [2.75, 3.05) is 6.61 Å². The van der Waals surface area contributed by atoms with Gasteiger partial charge in [-0.15, -0.1) is 0 Å². The Morgan fingerprint density at radius 1 is 1.50 bits per heavy atom. The molecule has 1 aliphatic rings. The van der Waals surface area contributed by atoms with Crippen LogP contribution in [-0.2, 0) is 4.74 Å². The van der Waals surface area contributed by atoms with Gasteiger partial charge in [0.25, 0.3) is 0 Å². The highest BCUT2D eigenvalue weighted by molar-refractivity contribution is 9.10. The normalized spacial score (nSPS) is 14.8. The van der Waals surface area contributed by atoms with Crippen LogP contribution in [0.1, 0.15) is 16.9 Å². The van der Waals surface area contributed by atoms with Crippen molar-refractivity contribution in [1.82, 2.24) is 4.98 Å². The fourth-order valence-corrected chi connectivity index (χ4v) is 1.45. The molecule has 72 valence electrons. The van der Waals surface area contributed by atoms with E-state index in [0.717, 1.165) is 10.9 Å². The first kappa shape index (κ1) is 9.40. The summed E-state index contributed by atoms with van der Waals surface area (Å²) < 4.78 is 6.02. The molecule has 0 N–H and O–H groups in total. The summed E-state index contributed by atoms with van der Waals surface area (Å²) in [7, 11) is 0. The smallest absolute Gasteiger partial charge is 0.245 e. The van der Waals surface area contributed by atoms with Crippen LogP contribution in [0.2, 0.25) is 0 Å². The number of hydrogen-bond donors (Lipinski definition) is 0. The molecule has 2 heterocycles. The van der Waals surface area contributed by atoms with Gasteiger partial charge in [0.05, 0.1) is 6.61 Å². The topological polar surface area (TPSA) is 39.2 Å². The molecule has 0 bridgehead atoms. The number of aromatic nitrogens is 1. The summed E-state index contributed by atoms with van der Waals surface area (Å²) in [6.45, 7) is 0.595. The fraction of sp³-hybridized carbons (Fsp3) is 0.200. The molecule has 0 aliphatic carbocycles. The lowest BCUT2D eigenvalue weighted by Gasteiger charge is -2.01. The summed E-state index contributed by atoms with van der Waals surface area (Å²) in [5.74, 6) is 0.273. The van der Waals surface area contributed by atoms with E-state index in [9.17, 15) is 4.79 Å². The summed E-state index contributed by atoms with van der Waals surface area (Å²) in [4.78, 5) is 15.7. The number of nitrogens with zero attached hydrogens (tertiary/aromatic N) is 1. The lowest BCUT2D eigenvalue weighted by Crippen LogP contribution is -2.05. The number of hydrogen-bond acceptors (Lipinski definition) is 3. The highest BCUT2D eigenvalue weighted by Crippen LogP contribution is 2.15. The lowest BCUT2D eigenvalue weighted by atomic mass is 10.2. The third-order valence-electron chi connectivity index (χ3n) is 1.89. The van der Waals surface area contributed by atoms with Crippen molar-refractivity contribution in [3.05, 3.63) is 40.3 Å². The van der Waals surface area contributed by atoms with E-state index in [1.807, 2.05) is 0 Å². The van der Waals surface area contributed by atoms with E-state index in [2.05, 4.69) is 20.9 Å². The zero-order valence-corrected chi connectivity index (χ0v) is 8.95. The van der Waals surface area contributed by atoms with Crippen molar-refractivity contribution in [3.8, 4) is 0 Å². The van der Waals surface area contributed by atoms with E-state index in [0.29, 0.717) is 18.1 Å². The molecule has 4 heteroatoms. The van der Waals surface area contributed by atoms with Gasteiger partial charge in [-0.1, -0.05) is 0 Å². The Kier molecular flexibility index (Phi) is 2.63. The molecular weight excluding hydrogens is 246 g/mol. The minimum absolute atomic E-state index is 0.144. The van der Waals surface area contributed by atoms with Gasteiger partial charge in [-0.05, 0) is 34.1 Å². The predicted molar refractivity (Wildman–Crippen MR) is 54.9 cm³/mol. The summed E-state index contributed by atoms with van der Waals surface area (Å²) in [5, 5.41) is 0. The van der Waals surface area contributed by atoms with Gasteiger partial charge in [-0.25, -0.2) is 0 Å². The number of halogens is 1. The predicted octanol–water partition coefficient (Wildman–Crippen LogP) is 2.33. The number of ether oxygens (including phenoxy) is 1. The van der Waals surface area contributed by atoms with Crippen molar-refractivity contribution in [2.45, 2.75) is 6.42 Å². The zero-order chi connectivity index (χ0) is 9.97. The minimum atomic E-state index is -0.144. The van der Waals surface area contributed by atoms with Crippen LogP contribution in [0.15, 0.2) is 34.6 Å². The third-order valence-corrected chi connectivity index (χ3v) is 2.36. The molecule has 0 fully saturated rings. The average Bonchev–Trinajstić information content (AvgIpc) is 2.71. The monoisotopic (exact) mass is 253 g/mol. The molecule has 0 atom stereocenters. The van der Waals surface area contributed by atoms with E-state index in [1.54, 1.807) is 24.4 Å². The largest absolute Gasteiger partial charge is 0.489 e. The van der Waals surface area contributed by atoms with Gasteiger partial charge in [0.1, 0.15) is 5.69 Å². The van der Waals surface area contributed by atoms with Crippen LogP contribution in [0, 0.1) is 0 Å². The maximum absolute atomic E-state index is 11.7. The molecule has 1 aromatic rings. The highest BCUT2D eigenvalue weighted by atomic mass is 79.9. The molecule has 0 amide bonds. The van der Waals surface area contributed by atoms with Crippen LogP contribution in [0.5, 0.6) is 0 Å². The molecule has 0 unspecified atom stereocenters. The van der Waals surface area contributed by atoms with E-state index in [1.165, 1.54) is 0 Å². The number of pyridine rings is 1. The van der Waals surface area contributed by atoms with Crippen LogP contribution in [0.4, 0.5) is 0 Å². The molecule has 0 saturated carbocycles. The number of carbonyl (C=O) groups excluding carboxylic acids is 1. The van der Waals surface area contributed by atoms with Gasteiger partial charge in [0, 0.05) is 17.1 Å². The number of Topliss-reactive ketones (excluding diaryl/α,β-unsaturated/α-hetero) is 1. The second kappa shape index (κ2) is 3.92. The Bertz CT molecular complexity index is 384. The van der Waals surface area contributed by atoms with Gasteiger partial charge < -0.3 is 4.74 Å². The van der Waals surface area contributed by atoms with Gasteiger partial charge in [0.15, 0.2) is 5.76 Å². The van der Waals surface area contributed by atoms with Crippen LogP contribution >= 0.6 is 15.9 Å². The van der Waals surface area contributed by atoms with Crippen molar-refractivity contribution < 1.29 is 9.53 Å². The second-order valence-corrected chi connectivity index (χ2v) is 3.81. The maximum Gasteiger partial charge on any atom is 0.245 e. The molecule has 3 nitrogen and oxygen atoms in total. The van der Waals surface area contributed by atoms with Crippen molar-refractivity contribution in [1.29, 1.82) is 0 Å². The molecule has 0 radical (unpaired) electrons. The number of carbonyl (C=O) groups is 1. The van der Waals surface area contributed by atoms with Gasteiger partial charge in [-0.3, -0.25) is 9.78 Å². The van der Waals surface area contributed by atoms with Gasteiger partial charge in [-0.2, -0.15) is 0 Å².